The van der Waals surface area contributed by atoms with Gasteiger partial charge in [0.05, 0.1) is 5.38 Å². The Hall–Kier alpha value is -0.960. The summed E-state index contributed by atoms with van der Waals surface area (Å²) < 4.78 is 25.3. The molecule has 0 aliphatic heterocycles. The highest BCUT2D eigenvalue weighted by molar-refractivity contribution is 6.34. The molecule has 0 aliphatic rings. The molecule has 0 saturated carbocycles. The van der Waals surface area contributed by atoms with Gasteiger partial charge in [0.25, 0.3) is 6.43 Å². The van der Waals surface area contributed by atoms with Crippen molar-refractivity contribution in [1.29, 1.82) is 0 Å². The van der Waals surface area contributed by atoms with Gasteiger partial charge in [0.1, 0.15) is 0 Å². The highest BCUT2D eigenvalue weighted by Gasteiger charge is 2.22. The first-order valence-corrected chi connectivity index (χ1v) is 4.94. The van der Waals surface area contributed by atoms with Crippen molar-refractivity contribution in [2.24, 2.45) is 0 Å². The van der Waals surface area contributed by atoms with Crippen LogP contribution in [-0.4, -0.2) is 11.2 Å². The zero-order valence-corrected chi connectivity index (χ0v) is 9.18. The van der Waals surface area contributed by atoms with Crippen LogP contribution in [0.5, 0.6) is 0 Å². The van der Waals surface area contributed by atoms with E-state index in [1.165, 1.54) is 19.1 Å². The lowest BCUT2D eigenvalue weighted by atomic mass is 9.97. The number of rotatable bonds is 3. The maximum absolute atomic E-state index is 12.6. The van der Waals surface area contributed by atoms with Crippen LogP contribution in [-0.2, 0) is 0 Å². The molecule has 0 N–H and O–H groups in total. The molecule has 1 aromatic carbocycles. The average Bonchev–Trinajstić information content (AvgIpc) is 2.16. The van der Waals surface area contributed by atoms with Gasteiger partial charge in [-0.1, -0.05) is 18.2 Å². The van der Waals surface area contributed by atoms with Crippen molar-refractivity contribution in [2.75, 3.05) is 0 Å². The molecule has 1 unspecified atom stereocenters. The van der Waals surface area contributed by atoms with Crippen LogP contribution in [0.25, 0.3) is 0 Å². The number of ketones is 1. The predicted octanol–water partition coefficient (Wildman–Crippen LogP) is 3.74. The van der Waals surface area contributed by atoms with Crippen molar-refractivity contribution in [3.63, 3.8) is 0 Å². The Bertz CT molecular complexity index is 375. The first-order chi connectivity index (χ1) is 6.95. The van der Waals surface area contributed by atoms with Crippen molar-refractivity contribution < 1.29 is 13.6 Å². The van der Waals surface area contributed by atoms with Crippen molar-refractivity contribution in [1.82, 2.24) is 0 Å². The average molecular weight is 233 g/mol. The van der Waals surface area contributed by atoms with Crippen LogP contribution in [0.4, 0.5) is 8.78 Å². The highest BCUT2D eigenvalue weighted by atomic mass is 35.5. The molecule has 0 aromatic heterocycles. The van der Waals surface area contributed by atoms with Crippen LogP contribution in [0.2, 0.25) is 0 Å². The third-order valence-electron chi connectivity index (χ3n) is 2.15. The highest BCUT2D eigenvalue weighted by Crippen LogP contribution is 2.27. The summed E-state index contributed by atoms with van der Waals surface area (Å²) in [4.78, 5) is 11.6. The Kier molecular flexibility index (Phi) is 3.80. The molecule has 0 saturated heterocycles. The number of hydrogen-bond acceptors (Lipinski definition) is 1. The summed E-state index contributed by atoms with van der Waals surface area (Å²) in [5, 5.41) is -0.788. The topological polar surface area (TPSA) is 17.1 Å². The fourth-order valence-corrected chi connectivity index (χ4v) is 1.52. The SMILES string of the molecule is Cc1cccc(C(F)F)c1C(=O)C(C)Cl. The van der Waals surface area contributed by atoms with E-state index in [-0.39, 0.29) is 11.1 Å². The van der Waals surface area contributed by atoms with E-state index in [0.717, 1.165) is 0 Å². The van der Waals surface area contributed by atoms with Crippen molar-refractivity contribution in [2.45, 2.75) is 25.7 Å². The smallest absolute Gasteiger partial charge is 0.264 e. The van der Waals surface area contributed by atoms with E-state index in [9.17, 15) is 13.6 Å². The third kappa shape index (κ3) is 2.53. The van der Waals surface area contributed by atoms with Gasteiger partial charge in [-0.05, 0) is 19.4 Å². The van der Waals surface area contributed by atoms with Gasteiger partial charge in [-0.2, -0.15) is 0 Å². The molecule has 0 bridgehead atoms. The molecule has 1 aromatic rings. The molecular weight excluding hydrogens is 222 g/mol. The van der Waals surface area contributed by atoms with Gasteiger partial charge in [-0.3, -0.25) is 4.79 Å². The first-order valence-electron chi connectivity index (χ1n) is 4.51. The van der Waals surface area contributed by atoms with E-state index in [4.69, 9.17) is 11.6 Å². The minimum Gasteiger partial charge on any atom is -0.292 e. The Morgan fingerprint density at radius 3 is 2.47 bits per heavy atom. The van der Waals surface area contributed by atoms with Crippen LogP contribution in [0, 0.1) is 6.92 Å². The number of alkyl halides is 3. The molecule has 0 spiro atoms. The summed E-state index contributed by atoms with van der Waals surface area (Å²) in [5.74, 6) is -0.454. The molecule has 15 heavy (non-hydrogen) atoms. The molecular formula is C11H11ClF2O. The minimum absolute atomic E-state index is 0.0509. The molecule has 1 nitrogen and oxygen atoms in total. The Morgan fingerprint density at radius 2 is 2.00 bits per heavy atom. The fraction of sp³-hybridized carbons (Fsp3) is 0.364. The zero-order valence-electron chi connectivity index (χ0n) is 8.43. The fourth-order valence-electron chi connectivity index (χ4n) is 1.41. The van der Waals surface area contributed by atoms with Gasteiger partial charge in [0.2, 0.25) is 0 Å². The maximum atomic E-state index is 12.6. The van der Waals surface area contributed by atoms with Crippen LogP contribution >= 0.6 is 11.6 Å². The Morgan fingerprint density at radius 1 is 1.40 bits per heavy atom. The number of benzene rings is 1. The second kappa shape index (κ2) is 4.71. The standard InChI is InChI=1S/C11H11ClF2O/c1-6-4-3-5-8(11(13)14)9(6)10(15)7(2)12/h3-5,7,11H,1-2H3. The molecule has 0 aliphatic carbocycles. The van der Waals surface area contributed by atoms with E-state index in [0.29, 0.717) is 5.56 Å². The summed E-state index contributed by atoms with van der Waals surface area (Å²) in [6.45, 7) is 3.10. The van der Waals surface area contributed by atoms with E-state index < -0.39 is 17.6 Å². The van der Waals surface area contributed by atoms with Gasteiger partial charge in [0.15, 0.2) is 5.78 Å². The molecule has 1 rings (SSSR count). The third-order valence-corrected chi connectivity index (χ3v) is 2.35. The van der Waals surface area contributed by atoms with E-state index in [1.54, 1.807) is 13.0 Å². The second-order valence-electron chi connectivity index (χ2n) is 3.32. The van der Waals surface area contributed by atoms with Crippen LogP contribution in [0.15, 0.2) is 18.2 Å². The number of aryl methyl sites for hydroxylation is 1. The molecule has 0 fully saturated rings. The second-order valence-corrected chi connectivity index (χ2v) is 3.97. The lowest BCUT2D eigenvalue weighted by molar-refractivity contribution is 0.0977. The van der Waals surface area contributed by atoms with Gasteiger partial charge in [-0.15, -0.1) is 11.6 Å². The number of carbonyl (C=O) groups is 1. The predicted molar refractivity (Wildman–Crippen MR) is 55.8 cm³/mol. The molecule has 82 valence electrons. The van der Waals surface area contributed by atoms with Crippen LogP contribution in [0.1, 0.15) is 34.8 Å². The number of Topliss-reactive ketones (excluding diaryl/α,β-unsaturated/α-hetero) is 1. The van der Waals surface area contributed by atoms with Gasteiger partial charge < -0.3 is 0 Å². The number of hydrogen-bond donors (Lipinski definition) is 0. The minimum atomic E-state index is -2.65. The Labute approximate surface area is 92.1 Å². The molecule has 1 atom stereocenters. The molecule has 0 amide bonds. The van der Waals surface area contributed by atoms with Crippen LogP contribution in [0.3, 0.4) is 0 Å². The van der Waals surface area contributed by atoms with Gasteiger partial charge >= 0.3 is 0 Å². The summed E-state index contributed by atoms with van der Waals surface area (Å²) in [6, 6.07) is 4.38. The van der Waals surface area contributed by atoms with Crippen molar-refractivity contribution in [3.05, 3.63) is 34.9 Å². The monoisotopic (exact) mass is 232 g/mol. The summed E-state index contributed by atoms with van der Waals surface area (Å²) >= 11 is 5.62. The van der Waals surface area contributed by atoms with Crippen molar-refractivity contribution in [3.8, 4) is 0 Å². The lowest BCUT2D eigenvalue weighted by Crippen LogP contribution is -2.15. The van der Waals surface area contributed by atoms with E-state index >= 15 is 0 Å². The summed E-state index contributed by atoms with van der Waals surface area (Å²) in [5.41, 5.74) is 0.341. The largest absolute Gasteiger partial charge is 0.292 e. The van der Waals surface area contributed by atoms with Crippen molar-refractivity contribution >= 4 is 17.4 Å². The normalized spacial score (nSPS) is 12.9. The quantitative estimate of drug-likeness (QED) is 0.573. The molecule has 4 heteroatoms. The van der Waals surface area contributed by atoms with Gasteiger partial charge in [-0.25, -0.2) is 8.78 Å². The van der Waals surface area contributed by atoms with Gasteiger partial charge in [0, 0.05) is 11.1 Å². The van der Waals surface area contributed by atoms with E-state index in [2.05, 4.69) is 0 Å². The summed E-state index contributed by atoms with van der Waals surface area (Å²) in [6.07, 6.45) is -2.65. The molecule has 0 heterocycles. The maximum Gasteiger partial charge on any atom is 0.264 e. The van der Waals surface area contributed by atoms with Crippen LogP contribution < -0.4 is 0 Å². The molecule has 0 radical (unpaired) electrons. The lowest BCUT2D eigenvalue weighted by Gasteiger charge is -2.11. The number of carbonyl (C=O) groups excluding carboxylic acids is 1. The first kappa shape index (κ1) is 12.1. The van der Waals surface area contributed by atoms with E-state index in [1.807, 2.05) is 0 Å². The zero-order chi connectivity index (χ0) is 11.6. The summed E-state index contributed by atoms with van der Waals surface area (Å²) in [7, 11) is 0. The Balaban J connectivity index is 3.31. The number of halogens is 3.